The zero-order valence-electron chi connectivity index (χ0n) is 13.2. The summed E-state index contributed by atoms with van der Waals surface area (Å²) in [6.45, 7) is 0. The summed E-state index contributed by atoms with van der Waals surface area (Å²) in [5.41, 5.74) is 7.28. The summed E-state index contributed by atoms with van der Waals surface area (Å²) in [6.07, 6.45) is 6.05. The van der Waals surface area contributed by atoms with Gasteiger partial charge in [-0.15, -0.1) is 0 Å². The van der Waals surface area contributed by atoms with Crippen LogP contribution in [0.25, 0.3) is 0 Å². The molecule has 1 aromatic carbocycles. The van der Waals surface area contributed by atoms with Gasteiger partial charge in [0.25, 0.3) is 0 Å². The number of benzene rings is 1. The van der Waals surface area contributed by atoms with Crippen LogP contribution in [-0.2, 0) is 20.6 Å². The van der Waals surface area contributed by atoms with Crippen LogP contribution in [0.5, 0.6) is 0 Å². The van der Waals surface area contributed by atoms with E-state index in [1.165, 1.54) is 6.42 Å². The number of primary sulfonamides is 1. The average Bonchev–Trinajstić information content (AvgIpc) is 2.41. The third-order valence-corrected chi connectivity index (χ3v) is 4.95. The van der Waals surface area contributed by atoms with Crippen molar-refractivity contribution in [2.75, 3.05) is 5.32 Å². The van der Waals surface area contributed by atoms with Crippen LogP contribution in [0.2, 0.25) is 0 Å². The van der Waals surface area contributed by atoms with Crippen LogP contribution in [0.3, 0.4) is 0 Å². The van der Waals surface area contributed by atoms with E-state index in [0.717, 1.165) is 32.1 Å². The molecule has 7 heteroatoms. The molecule has 1 aliphatic rings. The summed E-state index contributed by atoms with van der Waals surface area (Å²) >= 11 is 0. The molecule has 0 saturated heterocycles. The minimum Gasteiger partial charge on any atom is -0.327 e. The zero-order chi connectivity index (χ0) is 16.9. The lowest BCUT2D eigenvalue weighted by Gasteiger charge is -2.25. The second-order valence-corrected chi connectivity index (χ2v) is 7.87. The fraction of sp³-hybridized carbons (Fsp3) is 0.562. The lowest BCUT2D eigenvalue weighted by atomic mass is 9.86. The smallest absolute Gasteiger partial charge is 0.229 e. The molecule has 2 unspecified atom stereocenters. The lowest BCUT2D eigenvalue weighted by Crippen LogP contribution is -2.39. The van der Waals surface area contributed by atoms with Crippen LogP contribution >= 0.6 is 0 Å². The number of carbonyl (C=O) groups excluding carboxylic acids is 1. The highest BCUT2D eigenvalue weighted by atomic mass is 32.2. The highest BCUT2D eigenvalue weighted by Crippen LogP contribution is 2.23. The van der Waals surface area contributed by atoms with Gasteiger partial charge in [0.2, 0.25) is 15.9 Å². The molecule has 2 atom stereocenters. The van der Waals surface area contributed by atoms with Crippen molar-refractivity contribution in [2.24, 2.45) is 16.8 Å². The average molecular weight is 339 g/mol. The standard InChI is InChI=1S/C16H25N3O3S/c17-15-9-4-2-1-3-8-14(15)16(20)19-13-7-5-6-12(10-13)11-23(18,21)22/h5-7,10,14-15H,1-4,8-9,11,17H2,(H,19,20)(H2,18,21,22). The first kappa shape index (κ1) is 17.9. The van der Waals surface area contributed by atoms with Gasteiger partial charge in [-0.2, -0.15) is 0 Å². The number of nitrogens with one attached hydrogen (secondary N) is 1. The molecule has 1 aromatic rings. The molecule has 0 heterocycles. The van der Waals surface area contributed by atoms with E-state index in [9.17, 15) is 13.2 Å². The molecule has 128 valence electrons. The molecular weight excluding hydrogens is 314 g/mol. The predicted molar refractivity (Wildman–Crippen MR) is 91.1 cm³/mol. The number of amides is 1. The number of sulfonamides is 1. The Morgan fingerprint density at radius 2 is 1.87 bits per heavy atom. The first-order valence-corrected chi connectivity index (χ1v) is 9.72. The summed E-state index contributed by atoms with van der Waals surface area (Å²) < 4.78 is 22.3. The van der Waals surface area contributed by atoms with Crippen molar-refractivity contribution >= 4 is 21.6 Å². The second kappa shape index (κ2) is 7.90. The van der Waals surface area contributed by atoms with E-state index in [1.54, 1.807) is 24.3 Å². The van der Waals surface area contributed by atoms with Crippen molar-refractivity contribution in [1.29, 1.82) is 0 Å². The molecule has 1 saturated carbocycles. The monoisotopic (exact) mass is 339 g/mol. The number of rotatable bonds is 4. The SMILES string of the molecule is NC1CCCCCCC1C(=O)Nc1cccc(CS(N)(=O)=O)c1. The van der Waals surface area contributed by atoms with Gasteiger partial charge in [-0.25, -0.2) is 13.6 Å². The van der Waals surface area contributed by atoms with Crippen molar-refractivity contribution in [3.8, 4) is 0 Å². The summed E-state index contributed by atoms with van der Waals surface area (Å²) in [5.74, 6) is -0.538. The van der Waals surface area contributed by atoms with Gasteiger partial charge in [-0.1, -0.05) is 37.8 Å². The van der Waals surface area contributed by atoms with Crippen molar-refractivity contribution in [2.45, 2.75) is 50.3 Å². The Hall–Kier alpha value is -1.44. The van der Waals surface area contributed by atoms with Crippen LogP contribution < -0.4 is 16.2 Å². The van der Waals surface area contributed by atoms with E-state index in [1.807, 2.05) is 0 Å². The summed E-state index contributed by atoms with van der Waals surface area (Å²) in [4.78, 5) is 12.5. The quantitative estimate of drug-likeness (QED) is 0.774. The zero-order valence-corrected chi connectivity index (χ0v) is 14.0. The normalized spacial score (nSPS) is 22.9. The van der Waals surface area contributed by atoms with Crippen LogP contribution in [0.1, 0.15) is 44.1 Å². The van der Waals surface area contributed by atoms with Crippen molar-refractivity contribution in [3.05, 3.63) is 29.8 Å². The minimum atomic E-state index is -3.59. The van der Waals surface area contributed by atoms with Crippen molar-refractivity contribution in [3.63, 3.8) is 0 Å². The molecule has 0 aliphatic heterocycles. The van der Waals surface area contributed by atoms with Gasteiger partial charge in [0.15, 0.2) is 0 Å². The van der Waals surface area contributed by atoms with Crippen LogP contribution in [-0.4, -0.2) is 20.4 Å². The fourth-order valence-electron chi connectivity index (χ4n) is 3.04. The molecule has 6 nitrogen and oxygen atoms in total. The van der Waals surface area contributed by atoms with Gasteiger partial charge in [0.05, 0.1) is 11.7 Å². The Morgan fingerprint density at radius 1 is 1.17 bits per heavy atom. The maximum absolute atomic E-state index is 12.5. The van der Waals surface area contributed by atoms with E-state index < -0.39 is 10.0 Å². The highest BCUT2D eigenvalue weighted by Gasteiger charge is 2.26. The largest absolute Gasteiger partial charge is 0.327 e. The van der Waals surface area contributed by atoms with Crippen LogP contribution in [0.4, 0.5) is 5.69 Å². The summed E-state index contributed by atoms with van der Waals surface area (Å²) in [7, 11) is -3.59. The van der Waals surface area contributed by atoms with Crippen molar-refractivity contribution in [1.82, 2.24) is 0 Å². The van der Waals surface area contributed by atoms with Gasteiger partial charge in [-0.05, 0) is 30.5 Å². The molecule has 0 bridgehead atoms. The van der Waals surface area contributed by atoms with Gasteiger partial charge in [0.1, 0.15) is 0 Å². The Bertz CT molecular complexity index is 646. The second-order valence-electron chi connectivity index (χ2n) is 6.26. The molecule has 1 amide bonds. The van der Waals surface area contributed by atoms with Gasteiger partial charge >= 0.3 is 0 Å². The Kier molecular flexibility index (Phi) is 6.15. The molecular formula is C16H25N3O3S. The number of anilines is 1. The van der Waals surface area contributed by atoms with E-state index in [2.05, 4.69) is 5.32 Å². The van der Waals surface area contributed by atoms with E-state index in [-0.39, 0.29) is 23.6 Å². The molecule has 1 fully saturated rings. The number of carbonyl (C=O) groups is 1. The Labute approximate surface area is 137 Å². The Balaban J connectivity index is 2.05. The fourth-order valence-corrected chi connectivity index (χ4v) is 3.69. The predicted octanol–water partition coefficient (Wildman–Crippen LogP) is 1.71. The number of hydrogen-bond donors (Lipinski definition) is 3. The highest BCUT2D eigenvalue weighted by molar-refractivity contribution is 7.88. The molecule has 2 rings (SSSR count). The molecule has 5 N–H and O–H groups in total. The van der Waals surface area contributed by atoms with E-state index >= 15 is 0 Å². The molecule has 23 heavy (non-hydrogen) atoms. The topological polar surface area (TPSA) is 115 Å². The maximum Gasteiger partial charge on any atom is 0.229 e. The third-order valence-electron chi connectivity index (χ3n) is 4.22. The lowest BCUT2D eigenvalue weighted by molar-refractivity contribution is -0.120. The molecule has 0 aromatic heterocycles. The maximum atomic E-state index is 12.5. The van der Waals surface area contributed by atoms with Crippen LogP contribution in [0.15, 0.2) is 24.3 Å². The van der Waals surface area contributed by atoms with E-state index in [4.69, 9.17) is 10.9 Å². The first-order chi connectivity index (χ1) is 10.8. The Morgan fingerprint density at radius 3 is 2.57 bits per heavy atom. The summed E-state index contributed by atoms with van der Waals surface area (Å²) in [6, 6.07) is 6.62. The van der Waals surface area contributed by atoms with Gasteiger partial charge in [-0.3, -0.25) is 4.79 Å². The molecule has 0 spiro atoms. The molecule has 1 aliphatic carbocycles. The third kappa shape index (κ3) is 5.93. The van der Waals surface area contributed by atoms with E-state index in [0.29, 0.717) is 11.3 Å². The number of nitrogens with two attached hydrogens (primary N) is 2. The van der Waals surface area contributed by atoms with Crippen molar-refractivity contribution < 1.29 is 13.2 Å². The summed E-state index contributed by atoms with van der Waals surface area (Å²) in [5, 5.41) is 7.92. The minimum absolute atomic E-state index is 0.0906. The number of hydrogen-bond acceptors (Lipinski definition) is 4. The van der Waals surface area contributed by atoms with Gasteiger partial charge < -0.3 is 11.1 Å². The first-order valence-electron chi connectivity index (χ1n) is 8.01. The van der Waals surface area contributed by atoms with Crippen LogP contribution in [0, 0.1) is 5.92 Å². The van der Waals surface area contributed by atoms with Gasteiger partial charge in [0, 0.05) is 11.7 Å². The molecule has 0 radical (unpaired) electrons.